The fourth-order valence-electron chi connectivity index (χ4n) is 1.83. The average molecular weight is 247 g/mol. The smallest absolute Gasteiger partial charge is 0.0897 e. The lowest BCUT2D eigenvalue weighted by Crippen LogP contribution is -2.35. The highest BCUT2D eigenvalue weighted by molar-refractivity contribution is 4.67. The van der Waals surface area contributed by atoms with Gasteiger partial charge in [0.05, 0.1) is 25.9 Å². The standard InChI is InChI=1S/C12H25NO4/c1-15-6-7-17-10-12(14)9-13-8-11-2-4-16-5-3-11/h11-14H,2-10H2,1H3. The van der Waals surface area contributed by atoms with E-state index in [1.54, 1.807) is 7.11 Å². The summed E-state index contributed by atoms with van der Waals surface area (Å²) in [5, 5.41) is 12.9. The normalized spacial score (nSPS) is 19.4. The second-order valence-electron chi connectivity index (χ2n) is 4.44. The fraction of sp³-hybridized carbons (Fsp3) is 1.00. The van der Waals surface area contributed by atoms with Crippen LogP contribution < -0.4 is 5.32 Å². The molecule has 1 aliphatic rings. The number of methoxy groups -OCH3 is 1. The molecule has 0 spiro atoms. The third kappa shape index (κ3) is 7.68. The summed E-state index contributed by atoms with van der Waals surface area (Å²) in [4.78, 5) is 0. The SMILES string of the molecule is COCCOCC(O)CNCC1CCOCC1. The zero-order chi connectivity index (χ0) is 12.3. The van der Waals surface area contributed by atoms with Crippen LogP contribution in [0.5, 0.6) is 0 Å². The summed E-state index contributed by atoms with van der Waals surface area (Å²) >= 11 is 0. The van der Waals surface area contributed by atoms with E-state index in [0.717, 1.165) is 32.6 Å². The Morgan fingerprint density at radius 1 is 1.35 bits per heavy atom. The topological polar surface area (TPSA) is 60.0 Å². The van der Waals surface area contributed by atoms with Crippen LogP contribution in [-0.4, -0.2) is 64.4 Å². The second-order valence-corrected chi connectivity index (χ2v) is 4.44. The summed E-state index contributed by atoms with van der Waals surface area (Å²) in [6.45, 7) is 4.76. The molecule has 0 saturated carbocycles. The molecule has 1 saturated heterocycles. The van der Waals surface area contributed by atoms with E-state index in [4.69, 9.17) is 14.2 Å². The minimum Gasteiger partial charge on any atom is -0.389 e. The maximum atomic E-state index is 9.62. The Balaban J connectivity index is 1.90. The first kappa shape index (κ1) is 14.9. The van der Waals surface area contributed by atoms with Crippen LogP contribution in [0.3, 0.4) is 0 Å². The number of aliphatic hydroxyl groups is 1. The van der Waals surface area contributed by atoms with Crippen molar-refractivity contribution in [2.45, 2.75) is 18.9 Å². The van der Waals surface area contributed by atoms with Gasteiger partial charge in [0.25, 0.3) is 0 Å². The van der Waals surface area contributed by atoms with E-state index in [9.17, 15) is 5.11 Å². The summed E-state index contributed by atoms with van der Waals surface area (Å²) in [6, 6.07) is 0. The average Bonchev–Trinajstić information content (AvgIpc) is 2.36. The molecule has 0 aromatic carbocycles. The molecule has 1 heterocycles. The number of aliphatic hydroxyl groups excluding tert-OH is 1. The van der Waals surface area contributed by atoms with Gasteiger partial charge in [-0.1, -0.05) is 0 Å². The lowest BCUT2D eigenvalue weighted by molar-refractivity contribution is 0.0126. The molecule has 0 amide bonds. The zero-order valence-electron chi connectivity index (χ0n) is 10.7. The van der Waals surface area contributed by atoms with E-state index in [1.165, 1.54) is 0 Å². The highest BCUT2D eigenvalue weighted by Crippen LogP contribution is 2.12. The van der Waals surface area contributed by atoms with Gasteiger partial charge < -0.3 is 24.6 Å². The quantitative estimate of drug-likeness (QED) is 0.563. The van der Waals surface area contributed by atoms with Gasteiger partial charge in [-0.3, -0.25) is 0 Å². The lowest BCUT2D eigenvalue weighted by atomic mass is 10.0. The van der Waals surface area contributed by atoms with Crippen molar-refractivity contribution in [3.8, 4) is 0 Å². The van der Waals surface area contributed by atoms with E-state index in [1.807, 2.05) is 0 Å². The predicted octanol–water partition coefficient (Wildman–Crippen LogP) is 0.0265. The van der Waals surface area contributed by atoms with Crippen molar-refractivity contribution >= 4 is 0 Å². The maximum Gasteiger partial charge on any atom is 0.0897 e. The minimum absolute atomic E-state index is 0.365. The van der Waals surface area contributed by atoms with Crippen LogP contribution in [0.25, 0.3) is 0 Å². The highest BCUT2D eigenvalue weighted by Gasteiger charge is 2.13. The van der Waals surface area contributed by atoms with Gasteiger partial charge >= 0.3 is 0 Å². The maximum absolute atomic E-state index is 9.62. The molecule has 102 valence electrons. The summed E-state index contributed by atoms with van der Waals surface area (Å²) in [5.74, 6) is 0.686. The number of rotatable bonds is 9. The van der Waals surface area contributed by atoms with Gasteiger partial charge in [0.2, 0.25) is 0 Å². The Morgan fingerprint density at radius 3 is 2.82 bits per heavy atom. The Kier molecular flexibility index (Phi) is 8.56. The van der Waals surface area contributed by atoms with Gasteiger partial charge in [-0.2, -0.15) is 0 Å². The molecular formula is C12H25NO4. The van der Waals surface area contributed by atoms with Gasteiger partial charge in [-0.15, -0.1) is 0 Å². The van der Waals surface area contributed by atoms with Crippen molar-refractivity contribution in [1.29, 1.82) is 0 Å². The second kappa shape index (κ2) is 9.79. The van der Waals surface area contributed by atoms with Crippen molar-refractivity contribution in [3.63, 3.8) is 0 Å². The van der Waals surface area contributed by atoms with E-state index in [-0.39, 0.29) is 0 Å². The lowest BCUT2D eigenvalue weighted by Gasteiger charge is -2.22. The van der Waals surface area contributed by atoms with Crippen molar-refractivity contribution in [2.24, 2.45) is 5.92 Å². The number of ether oxygens (including phenoxy) is 3. The summed E-state index contributed by atoms with van der Waals surface area (Å²) in [5.41, 5.74) is 0. The van der Waals surface area contributed by atoms with Crippen molar-refractivity contribution in [2.75, 3.05) is 53.2 Å². The van der Waals surface area contributed by atoms with Crippen molar-refractivity contribution < 1.29 is 19.3 Å². The minimum atomic E-state index is -0.438. The molecule has 1 fully saturated rings. The fourth-order valence-corrected chi connectivity index (χ4v) is 1.83. The molecule has 0 aromatic heterocycles. The molecule has 5 heteroatoms. The molecule has 1 atom stereocenters. The Labute approximate surface area is 103 Å². The van der Waals surface area contributed by atoms with Gasteiger partial charge in [0.15, 0.2) is 0 Å². The molecule has 0 bridgehead atoms. The molecule has 1 aliphatic heterocycles. The first-order valence-corrected chi connectivity index (χ1v) is 6.36. The predicted molar refractivity (Wildman–Crippen MR) is 65.1 cm³/mol. The third-order valence-electron chi connectivity index (χ3n) is 2.90. The van der Waals surface area contributed by atoms with E-state index in [0.29, 0.717) is 32.3 Å². The third-order valence-corrected chi connectivity index (χ3v) is 2.90. The van der Waals surface area contributed by atoms with Gasteiger partial charge in [-0.25, -0.2) is 0 Å². The van der Waals surface area contributed by atoms with Crippen LogP contribution in [0.1, 0.15) is 12.8 Å². The van der Waals surface area contributed by atoms with Crippen molar-refractivity contribution in [3.05, 3.63) is 0 Å². The number of nitrogens with one attached hydrogen (secondary N) is 1. The van der Waals surface area contributed by atoms with Crippen LogP contribution in [-0.2, 0) is 14.2 Å². The first-order valence-electron chi connectivity index (χ1n) is 6.36. The molecule has 1 rings (SSSR count). The molecule has 17 heavy (non-hydrogen) atoms. The zero-order valence-corrected chi connectivity index (χ0v) is 10.7. The van der Waals surface area contributed by atoms with Crippen molar-refractivity contribution in [1.82, 2.24) is 5.32 Å². The van der Waals surface area contributed by atoms with E-state index in [2.05, 4.69) is 5.32 Å². The van der Waals surface area contributed by atoms with Crippen LogP contribution in [0.15, 0.2) is 0 Å². The molecule has 5 nitrogen and oxygen atoms in total. The van der Waals surface area contributed by atoms with Crippen LogP contribution >= 0.6 is 0 Å². The molecule has 1 unspecified atom stereocenters. The van der Waals surface area contributed by atoms with Gasteiger partial charge in [-0.05, 0) is 25.3 Å². The summed E-state index contributed by atoms with van der Waals surface area (Å²) < 4.78 is 15.4. The molecule has 0 radical (unpaired) electrons. The number of hydrogen-bond acceptors (Lipinski definition) is 5. The largest absolute Gasteiger partial charge is 0.389 e. The number of hydrogen-bond donors (Lipinski definition) is 2. The van der Waals surface area contributed by atoms with Crippen LogP contribution in [0, 0.1) is 5.92 Å². The monoisotopic (exact) mass is 247 g/mol. The Morgan fingerprint density at radius 2 is 2.12 bits per heavy atom. The van der Waals surface area contributed by atoms with Gasteiger partial charge in [0, 0.05) is 26.9 Å². The first-order chi connectivity index (χ1) is 8.33. The highest BCUT2D eigenvalue weighted by atomic mass is 16.5. The Bertz CT molecular complexity index is 174. The Hall–Kier alpha value is -0.200. The van der Waals surface area contributed by atoms with E-state index < -0.39 is 6.10 Å². The van der Waals surface area contributed by atoms with Gasteiger partial charge in [0.1, 0.15) is 0 Å². The summed E-state index contributed by atoms with van der Waals surface area (Å²) in [6.07, 6.45) is 1.80. The van der Waals surface area contributed by atoms with Crippen LogP contribution in [0.4, 0.5) is 0 Å². The molecule has 2 N–H and O–H groups in total. The van der Waals surface area contributed by atoms with Crippen LogP contribution in [0.2, 0.25) is 0 Å². The molecular weight excluding hydrogens is 222 g/mol. The summed E-state index contributed by atoms with van der Waals surface area (Å²) in [7, 11) is 1.63. The van der Waals surface area contributed by atoms with E-state index >= 15 is 0 Å². The molecule has 0 aromatic rings. The molecule has 0 aliphatic carbocycles.